The van der Waals surface area contributed by atoms with Gasteiger partial charge in [0.05, 0.1) is 11.8 Å². The Labute approximate surface area is 95.2 Å². The molecule has 1 aromatic carbocycles. The van der Waals surface area contributed by atoms with Gasteiger partial charge in [0.2, 0.25) is 0 Å². The van der Waals surface area contributed by atoms with Gasteiger partial charge >= 0.3 is 5.97 Å². The van der Waals surface area contributed by atoms with E-state index in [-0.39, 0.29) is 6.42 Å². The smallest absolute Gasteiger partial charge is 0.307 e. The van der Waals surface area contributed by atoms with Crippen LogP contribution in [0, 0.1) is 17.7 Å². The number of halogens is 2. The molecule has 1 aromatic rings. The third-order valence-corrected chi connectivity index (χ3v) is 1.98. The lowest BCUT2D eigenvalue weighted by Gasteiger charge is -2.01. The normalized spacial score (nSPS) is 9.20. The highest BCUT2D eigenvalue weighted by Gasteiger charge is 2.06. The van der Waals surface area contributed by atoms with Gasteiger partial charge < -0.3 is 5.11 Å². The molecule has 0 saturated heterocycles. The number of alkyl halides is 1. The van der Waals surface area contributed by atoms with E-state index in [1.807, 2.05) is 0 Å². The van der Waals surface area contributed by atoms with Crippen molar-refractivity contribution in [1.29, 1.82) is 0 Å². The molecule has 0 fully saturated rings. The molecule has 0 aliphatic heterocycles. The highest BCUT2D eigenvalue weighted by atomic mass is 79.9. The minimum Gasteiger partial charge on any atom is -0.481 e. The summed E-state index contributed by atoms with van der Waals surface area (Å²) in [5.41, 5.74) is 0.953. The van der Waals surface area contributed by atoms with Gasteiger partial charge in [0.1, 0.15) is 5.82 Å². The van der Waals surface area contributed by atoms with Gasteiger partial charge in [-0.2, -0.15) is 0 Å². The van der Waals surface area contributed by atoms with Crippen molar-refractivity contribution in [2.45, 2.75) is 6.42 Å². The van der Waals surface area contributed by atoms with Crippen molar-refractivity contribution in [3.05, 3.63) is 35.1 Å². The summed E-state index contributed by atoms with van der Waals surface area (Å²) < 4.78 is 12.9. The second kappa shape index (κ2) is 5.52. The van der Waals surface area contributed by atoms with Crippen LogP contribution in [0.1, 0.15) is 11.1 Å². The minimum atomic E-state index is -0.998. The van der Waals surface area contributed by atoms with Crippen LogP contribution in [-0.2, 0) is 11.2 Å². The third kappa shape index (κ3) is 3.72. The Kier molecular flexibility index (Phi) is 4.32. The molecule has 1 N–H and O–H groups in total. The molecule has 15 heavy (non-hydrogen) atoms. The predicted molar refractivity (Wildman–Crippen MR) is 58.4 cm³/mol. The molecule has 0 unspecified atom stereocenters. The van der Waals surface area contributed by atoms with Crippen LogP contribution in [0.5, 0.6) is 0 Å². The first-order valence-electron chi connectivity index (χ1n) is 4.18. The Balaban J connectivity index is 3.08. The number of hydrogen-bond donors (Lipinski definition) is 1. The first-order valence-corrected chi connectivity index (χ1v) is 5.30. The zero-order valence-electron chi connectivity index (χ0n) is 7.76. The van der Waals surface area contributed by atoms with Gasteiger partial charge in [-0.15, -0.1) is 0 Å². The summed E-state index contributed by atoms with van der Waals surface area (Å²) in [6.07, 6.45) is -0.218. The summed E-state index contributed by atoms with van der Waals surface area (Å²) in [5.74, 6) is 4.07. The predicted octanol–water partition coefficient (Wildman–Crippen LogP) is 2.20. The van der Waals surface area contributed by atoms with E-state index in [2.05, 4.69) is 27.8 Å². The summed E-state index contributed by atoms with van der Waals surface area (Å²) in [4.78, 5) is 10.5. The number of hydrogen-bond acceptors (Lipinski definition) is 1. The van der Waals surface area contributed by atoms with E-state index >= 15 is 0 Å². The van der Waals surface area contributed by atoms with Gasteiger partial charge in [0.15, 0.2) is 0 Å². The minimum absolute atomic E-state index is 0.218. The van der Waals surface area contributed by atoms with Gasteiger partial charge in [-0.25, -0.2) is 4.39 Å². The maximum Gasteiger partial charge on any atom is 0.307 e. The van der Waals surface area contributed by atoms with Crippen molar-refractivity contribution in [1.82, 2.24) is 0 Å². The number of benzene rings is 1. The van der Waals surface area contributed by atoms with E-state index < -0.39 is 11.8 Å². The van der Waals surface area contributed by atoms with Crippen LogP contribution in [-0.4, -0.2) is 16.4 Å². The third-order valence-electron chi connectivity index (χ3n) is 1.70. The number of rotatable bonds is 2. The summed E-state index contributed by atoms with van der Waals surface area (Å²) in [6.45, 7) is 0. The Morgan fingerprint density at radius 1 is 1.53 bits per heavy atom. The van der Waals surface area contributed by atoms with Crippen molar-refractivity contribution in [2.75, 3.05) is 5.33 Å². The summed E-state index contributed by atoms with van der Waals surface area (Å²) in [7, 11) is 0. The van der Waals surface area contributed by atoms with Crippen molar-refractivity contribution < 1.29 is 14.3 Å². The van der Waals surface area contributed by atoms with Crippen LogP contribution in [0.3, 0.4) is 0 Å². The second-order valence-electron chi connectivity index (χ2n) is 2.81. The molecular formula is C11H8BrFO2. The molecule has 0 aliphatic rings. The van der Waals surface area contributed by atoms with Gasteiger partial charge in [0.25, 0.3) is 0 Å². The van der Waals surface area contributed by atoms with Gasteiger partial charge in [-0.1, -0.05) is 27.8 Å². The van der Waals surface area contributed by atoms with E-state index in [1.165, 1.54) is 18.2 Å². The van der Waals surface area contributed by atoms with Gasteiger partial charge in [0, 0.05) is 5.56 Å². The average Bonchev–Trinajstić information content (AvgIpc) is 2.16. The van der Waals surface area contributed by atoms with Crippen molar-refractivity contribution >= 4 is 21.9 Å². The van der Waals surface area contributed by atoms with Gasteiger partial charge in [-0.05, 0) is 23.8 Å². The van der Waals surface area contributed by atoms with Gasteiger partial charge in [-0.3, -0.25) is 4.79 Å². The molecule has 0 aromatic heterocycles. The van der Waals surface area contributed by atoms with Crippen LogP contribution in [0.2, 0.25) is 0 Å². The van der Waals surface area contributed by atoms with E-state index in [0.29, 0.717) is 16.5 Å². The van der Waals surface area contributed by atoms with Crippen molar-refractivity contribution in [3.63, 3.8) is 0 Å². The standard InChI is InChI=1S/C11H8BrFO2/c12-5-1-2-8-3-4-10(13)6-9(8)7-11(14)15/h3-4,6H,5,7H2,(H,14,15). The van der Waals surface area contributed by atoms with Crippen LogP contribution in [0.15, 0.2) is 18.2 Å². The SMILES string of the molecule is O=C(O)Cc1cc(F)ccc1C#CCBr. The Hall–Kier alpha value is -1.34. The Morgan fingerprint density at radius 2 is 2.27 bits per heavy atom. The van der Waals surface area contributed by atoms with Crippen molar-refractivity contribution in [3.8, 4) is 11.8 Å². The first kappa shape index (κ1) is 11.7. The summed E-state index contributed by atoms with van der Waals surface area (Å²) in [6, 6.07) is 3.96. The van der Waals surface area contributed by atoms with Crippen LogP contribution < -0.4 is 0 Å². The maximum absolute atomic E-state index is 12.9. The van der Waals surface area contributed by atoms with Crippen molar-refractivity contribution in [2.24, 2.45) is 0 Å². The van der Waals surface area contributed by atoms with E-state index in [9.17, 15) is 9.18 Å². The number of carbonyl (C=O) groups is 1. The first-order chi connectivity index (χ1) is 7.13. The van der Waals surface area contributed by atoms with Crippen LogP contribution >= 0.6 is 15.9 Å². The topological polar surface area (TPSA) is 37.3 Å². The molecule has 78 valence electrons. The number of carboxylic acid groups (broad SMARTS) is 1. The molecule has 0 saturated carbocycles. The Morgan fingerprint density at radius 3 is 2.87 bits per heavy atom. The molecule has 0 atom stereocenters. The zero-order valence-corrected chi connectivity index (χ0v) is 9.34. The lowest BCUT2D eigenvalue weighted by molar-refractivity contribution is -0.136. The second-order valence-corrected chi connectivity index (χ2v) is 3.37. The molecule has 0 bridgehead atoms. The molecule has 0 spiro atoms. The van der Waals surface area contributed by atoms with E-state index in [0.717, 1.165) is 0 Å². The molecule has 2 nitrogen and oxygen atoms in total. The fourth-order valence-corrected chi connectivity index (χ4v) is 1.26. The van der Waals surface area contributed by atoms with Crippen LogP contribution in [0.25, 0.3) is 0 Å². The zero-order chi connectivity index (χ0) is 11.3. The fraction of sp³-hybridized carbons (Fsp3) is 0.182. The Bertz CT molecular complexity index is 432. The molecule has 4 heteroatoms. The maximum atomic E-state index is 12.9. The molecule has 0 radical (unpaired) electrons. The molecule has 1 rings (SSSR count). The fourth-order valence-electron chi connectivity index (χ4n) is 1.12. The lowest BCUT2D eigenvalue weighted by atomic mass is 10.0. The van der Waals surface area contributed by atoms with E-state index in [1.54, 1.807) is 0 Å². The molecule has 0 aliphatic carbocycles. The lowest BCUT2D eigenvalue weighted by Crippen LogP contribution is -2.02. The van der Waals surface area contributed by atoms with E-state index in [4.69, 9.17) is 5.11 Å². The molecule has 0 amide bonds. The quantitative estimate of drug-likeness (QED) is 0.661. The number of aliphatic carboxylic acids is 1. The highest BCUT2D eigenvalue weighted by Crippen LogP contribution is 2.11. The average molecular weight is 271 g/mol. The highest BCUT2D eigenvalue weighted by molar-refractivity contribution is 9.09. The largest absolute Gasteiger partial charge is 0.481 e. The number of carboxylic acids is 1. The monoisotopic (exact) mass is 270 g/mol. The summed E-state index contributed by atoms with van der Waals surface area (Å²) >= 11 is 3.13. The molecule has 0 heterocycles. The van der Waals surface area contributed by atoms with Crippen LogP contribution in [0.4, 0.5) is 4.39 Å². The summed E-state index contributed by atoms with van der Waals surface area (Å²) in [5, 5.41) is 9.12. The molecular weight excluding hydrogens is 263 g/mol.